The van der Waals surface area contributed by atoms with Gasteiger partial charge in [-0.05, 0) is 62.5 Å². The zero-order chi connectivity index (χ0) is 22.3. The van der Waals surface area contributed by atoms with Gasteiger partial charge in [0.05, 0.1) is 23.9 Å². The van der Waals surface area contributed by atoms with E-state index in [9.17, 15) is 4.79 Å². The van der Waals surface area contributed by atoms with E-state index < -0.39 is 0 Å². The van der Waals surface area contributed by atoms with Gasteiger partial charge in [-0.3, -0.25) is 4.79 Å². The molecule has 1 aliphatic rings. The number of para-hydroxylation sites is 3. The Labute approximate surface area is 190 Å². The molecule has 2 heterocycles. The van der Waals surface area contributed by atoms with Gasteiger partial charge in [0.15, 0.2) is 0 Å². The maximum Gasteiger partial charge on any atom is 0.252 e. The zero-order valence-corrected chi connectivity index (χ0v) is 18.9. The molecule has 0 saturated carbocycles. The number of ether oxygens (including phenoxy) is 1. The summed E-state index contributed by atoms with van der Waals surface area (Å²) in [7, 11) is 1.64. The number of benzene rings is 2. The SMILES string of the molecule is COc1ccccc1Nc1cc(C(=O)NCCCN2CCC[C@@H](C)C2)c2ccccc2n1. The van der Waals surface area contributed by atoms with Gasteiger partial charge in [0.2, 0.25) is 0 Å². The van der Waals surface area contributed by atoms with Crippen LogP contribution in [0.4, 0.5) is 11.5 Å². The van der Waals surface area contributed by atoms with Crippen molar-refractivity contribution in [1.82, 2.24) is 15.2 Å². The molecule has 0 spiro atoms. The van der Waals surface area contributed by atoms with Gasteiger partial charge >= 0.3 is 0 Å². The molecule has 2 N–H and O–H groups in total. The lowest BCUT2D eigenvalue weighted by atomic mass is 10.0. The minimum Gasteiger partial charge on any atom is -0.495 e. The topological polar surface area (TPSA) is 66.5 Å². The number of nitrogens with one attached hydrogen (secondary N) is 2. The van der Waals surface area contributed by atoms with Gasteiger partial charge in [0, 0.05) is 18.5 Å². The number of fused-ring (bicyclic) bond motifs is 1. The number of hydrogen-bond acceptors (Lipinski definition) is 5. The largest absolute Gasteiger partial charge is 0.495 e. The van der Waals surface area contributed by atoms with E-state index in [0.717, 1.165) is 41.2 Å². The number of pyridine rings is 1. The molecule has 1 amide bonds. The van der Waals surface area contributed by atoms with Crippen LogP contribution in [-0.4, -0.2) is 49.1 Å². The van der Waals surface area contributed by atoms with Crippen molar-refractivity contribution >= 4 is 28.3 Å². The number of piperidine rings is 1. The normalized spacial score (nSPS) is 16.6. The summed E-state index contributed by atoms with van der Waals surface area (Å²) in [5, 5.41) is 7.26. The molecular weight excluding hydrogens is 400 g/mol. The third kappa shape index (κ3) is 5.37. The molecule has 1 fully saturated rings. The van der Waals surface area contributed by atoms with Crippen LogP contribution >= 0.6 is 0 Å². The number of anilines is 2. The summed E-state index contributed by atoms with van der Waals surface area (Å²) >= 11 is 0. The molecule has 1 aliphatic heterocycles. The van der Waals surface area contributed by atoms with Crippen LogP contribution in [0.25, 0.3) is 10.9 Å². The molecule has 4 rings (SSSR count). The number of hydrogen-bond donors (Lipinski definition) is 2. The van der Waals surface area contributed by atoms with E-state index in [1.165, 1.54) is 25.9 Å². The van der Waals surface area contributed by atoms with E-state index in [2.05, 4.69) is 22.5 Å². The first kappa shape index (κ1) is 22.1. The minimum atomic E-state index is -0.0707. The highest BCUT2D eigenvalue weighted by Crippen LogP contribution is 2.28. The maximum absolute atomic E-state index is 13.1. The summed E-state index contributed by atoms with van der Waals surface area (Å²) in [6.07, 6.45) is 3.56. The molecule has 1 saturated heterocycles. The lowest BCUT2D eigenvalue weighted by molar-refractivity contribution is 0.0951. The van der Waals surface area contributed by atoms with Gasteiger partial charge < -0.3 is 20.3 Å². The number of amides is 1. The second kappa shape index (κ2) is 10.5. The van der Waals surface area contributed by atoms with Crippen molar-refractivity contribution < 1.29 is 9.53 Å². The summed E-state index contributed by atoms with van der Waals surface area (Å²) < 4.78 is 5.43. The van der Waals surface area contributed by atoms with Gasteiger partial charge in [0.1, 0.15) is 11.6 Å². The fourth-order valence-corrected chi connectivity index (χ4v) is 4.40. The summed E-state index contributed by atoms with van der Waals surface area (Å²) in [6, 6.07) is 17.2. The third-order valence-corrected chi connectivity index (χ3v) is 6.01. The van der Waals surface area contributed by atoms with Crippen LogP contribution in [0.3, 0.4) is 0 Å². The first-order valence-electron chi connectivity index (χ1n) is 11.4. The fourth-order valence-electron chi connectivity index (χ4n) is 4.40. The molecular formula is C26H32N4O2. The summed E-state index contributed by atoms with van der Waals surface area (Å²) in [5.74, 6) is 2.04. The molecule has 2 aromatic carbocycles. The Hall–Kier alpha value is -3.12. The van der Waals surface area contributed by atoms with E-state index in [-0.39, 0.29) is 5.91 Å². The predicted molar refractivity (Wildman–Crippen MR) is 130 cm³/mol. The number of rotatable bonds is 8. The Morgan fingerprint density at radius 1 is 1.19 bits per heavy atom. The molecule has 0 unspecified atom stereocenters. The molecule has 32 heavy (non-hydrogen) atoms. The van der Waals surface area contributed by atoms with Crippen LogP contribution < -0.4 is 15.4 Å². The van der Waals surface area contributed by atoms with Crippen LogP contribution in [0, 0.1) is 5.92 Å². The smallest absolute Gasteiger partial charge is 0.252 e. The molecule has 0 bridgehead atoms. The predicted octanol–water partition coefficient (Wildman–Crippen LogP) is 4.84. The van der Waals surface area contributed by atoms with Crippen molar-refractivity contribution in [2.45, 2.75) is 26.2 Å². The zero-order valence-electron chi connectivity index (χ0n) is 18.9. The number of likely N-dealkylation sites (tertiary alicyclic amines) is 1. The van der Waals surface area contributed by atoms with Gasteiger partial charge in [0.25, 0.3) is 5.91 Å². The van der Waals surface area contributed by atoms with Gasteiger partial charge in [-0.25, -0.2) is 4.98 Å². The number of carbonyl (C=O) groups is 1. The molecule has 1 aromatic heterocycles. The van der Waals surface area contributed by atoms with E-state index in [1.54, 1.807) is 7.11 Å². The third-order valence-electron chi connectivity index (χ3n) is 6.01. The van der Waals surface area contributed by atoms with Crippen molar-refractivity contribution in [3.63, 3.8) is 0 Å². The number of nitrogens with zero attached hydrogens (tertiary/aromatic N) is 2. The maximum atomic E-state index is 13.1. The number of aromatic nitrogens is 1. The molecule has 1 atom stereocenters. The second-order valence-corrected chi connectivity index (χ2v) is 8.55. The van der Waals surface area contributed by atoms with Crippen molar-refractivity contribution in [3.05, 3.63) is 60.2 Å². The van der Waals surface area contributed by atoms with E-state index in [0.29, 0.717) is 17.9 Å². The minimum absolute atomic E-state index is 0.0707. The van der Waals surface area contributed by atoms with Crippen molar-refractivity contribution in [2.24, 2.45) is 5.92 Å². The molecule has 3 aromatic rings. The van der Waals surface area contributed by atoms with Gasteiger partial charge in [-0.1, -0.05) is 37.3 Å². The average Bonchev–Trinajstić information content (AvgIpc) is 2.81. The molecule has 6 nitrogen and oxygen atoms in total. The lowest BCUT2D eigenvalue weighted by Gasteiger charge is -2.30. The lowest BCUT2D eigenvalue weighted by Crippen LogP contribution is -2.36. The van der Waals surface area contributed by atoms with E-state index >= 15 is 0 Å². The van der Waals surface area contributed by atoms with Crippen LogP contribution in [0.2, 0.25) is 0 Å². The number of methoxy groups -OCH3 is 1. The molecule has 168 valence electrons. The molecule has 0 radical (unpaired) electrons. The van der Waals surface area contributed by atoms with Crippen molar-refractivity contribution in [3.8, 4) is 5.75 Å². The highest BCUT2D eigenvalue weighted by Gasteiger charge is 2.16. The van der Waals surface area contributed by atoms with Gasteiger partial charge in [-0.15, -0.1) is 0 Å². The van der Waals surface area contributed by atoms with Gasteiger partial charge in [-0.2, -0.15) is 0 Å². The van der Waals surface area contributed by atoms with Crippen LogP contribution in [0.15, 0.2) is 54.6 Å². The summed E-state index contributed by atoms with van der Waals surface area (Å²) in [4.78, 5) is 20.3. The highest BCUT2D eigenvalue weighted by molar-refractivity contribution is 6.07. The Balaban J connectivity index is 1.46. The number of carbonyl (C=O) groups excluding carboxylic acids is 1. The highest BCUT2D eigenvalue weighted by atomic mass is 16.5. The Morgan fingerprint density at radius 2 is 2.00 bits per heavy atom. The van der Waals surface area contributed by atoms with Crippen LogP contribution in [0.5, 0.6) is 5.75 Å². The second-order valence-electron chi connectivity index (χ2n) is 8.55. The first-order chi connectivity index (χ1) is 15.6. The quantitative estimate of drug-likeness (QED) is 0.499. The van der Waals surface area contributed by atoms with Crippen LogP contribution in [0.1, 0.15) is 36.5 Å². The van der Waals surface area contributed by atoms with Crippen molar-refractivity contribution in [1.29, 1.82) is 0 Å². The Kier molecular flexibility index (Phi) is 7.22. The standard InChI is InChI=1S/C26H32N4O2/c1-19-9-7-15-30(18-19)16-8-14-27-26(31)21-17-25(28-22-11-4-3-10-20(21)22)29-23-12-5-6-13-24(23)32-2/h3-6,10-13,17,19H,7-9,14-16,18H2,1-2H3,(H,27,31)(H,28,29)/t19-/m1/s1. The fraction of sp³-hybridized carbons (Fsp3) is 0.385. The molecule has 6 heteroatoms. The summed E-state index contributed by atoms with van der Waals surface area (Å²) in [5.41, 5.74) is 2.21. The monoisotopic (exact) mass is 432 g/mol. The van der Waals surface area contributed by atoms with Crippen molar-refractivity contribution in [2.75, 3.05) is 38.6 Å². The first-order valence-corrected chi connectivity index (χ1v) is 11.4. The summed E-state index contributed by atoms with van der Waals surface area (Å²) in [6.45, 7) is 6.35. The van der Waals surface area contributed by atoms with E-state index in [4.69, 9.17) is 9.72 Å². The molecule has 0 aliphatic carbocycles. The Morgan fingerprint density at radius 3 is 2.84 bits per heavy atom. The van der Waals surface area contributed by atoms with E-state index in [1.807, 2.05) is 54.6 Å². The Bertz CT molecular complexity index is 1070. The average molecular weight is 433 g/mol. The van der Waals surface area contributed by atoms with Crippen LogP contribution in [-0.2, 0) is 0 Å².